The van der Waals surface area contributed by atoms with E-state index in [0.717, 1.165) is 0 Å². The van der Waals surface area contributed by atoms with E-state index in [4.69, 9.17) is 26.2 Å². The molecule has 2 amide bonds. The molecule has 0 radical (unpaired) electrons. The highest BCUT2D eigenvalue weighted by atomic mass is 35.5. The molecule has 12 heteroatoms. The number of hydrogen-bond acceptors (Lipinski definition) is 7. The molecule has 196 valence electrons. The van der Waals surface area contributed by atoms with Crippen LogP contribution in [0.3, 0.4) is 0 Å². The maximum Gasteiger partial charge on any atom is 0.251 e. The highest BCUT2D eigenvalue weighted by Gasteiger charge is 2.38. The fraction of sp³-hybridized carbons (Fsp3) is 0.458. The van der Waals surface area contributed by atoms with Gasteiger partial charge in [-0.2, -0.15) is 5.10 Å². The molecule has 3 N–H and O–H groups in total. The van der Waals surface area contributed by atoms with Crippen LogP contribution < -0.4 is 14.8 Å². The number of hydrogen-bond donors (Lipinski definition) is 3. The average molecular weight is 525 g/mol. The summed E-state index contributed by atoms with van der Waals surface area (Å²) in [5.41, 5.74) is -1.76. The van der Waals surface area contributed by atoms with Crippen LogP contribution in [0.2, 0.25) is 5.02 Å². The number of ether oxygens (including phenoxy) is 2. The number of nitrogens with zero attached hydrogens (tertiary/aromatic N) is 3. The third kappa shape index (κ3) is 7.19. The van der Waals surface area contributed by atoms with Gasteiger partial charge in [-0.05, 0) is 32.9 Å². The summed E-state index contributed by atoms with van der Waals surface area (Å²) >= 11 is 6.34. The van der Waals surface area contributed by atoms with Gasteiger partial charge >= 0.3 is 0 Å². The van der Waals surface area contributed by atoms with Gasteiger partial charge < -0.3 is 29.9 Å². The van der Waals surface area contributed by atoms with Gasteiger partial charge in [-0.15, -0.1) is 0 Å². The third-order valence-electron chi connectivity index (χ3n) is 5.22. The van der Waals surface area contributed by atoms with Crippen molar-refractivity contribution >= 4 is 29.2 Å². The quantitative estimate of drug-likeness (QED) is 0.389. The normalized spacial score (nSPS) is 15.5. The lowest BCUT2D eigenvalue weighted by molar-refractivity contribution is -0.134. The number of rotatable bonds is 12. The summed E-state index contributed by atoms with van der Waals surface area (Å²) in [5, 5.41) is 25.5. The van der Waals surface area contributed by atoms with Crippen LogP contribution in [0.25, 0.3) is 0 Å². The Kier molecular flexibility index (Phi) is 8.93. The molecule has 10 nitrogen and oxygen atoms in total. The van der Waals surface area contributed by atoms with Crippen LogP contribution in [0.5, 0.6) is 11.5 Å². The monoisotopic (exact) mass is 524 g/mol. The summed E-state index contributed by atoms with van der Waals surface area (Å²) < 4.78 is 27.3. The molecular weight excluding hydrogens is 495 g/mol. The molecule has 0 aliphatic carbocycles. The molecule has 0 bridgehead atoms. The summed E-state index contributed by atoms with van der Waals surface area (Å²) in [6.07, 6.45) is 1.47. The number of aromatic nitrogens is 2. The fourth-order valence-electron chi connectivity index (χ4n) is 3.63. The van der Waals surface area contributed by atoms with E-state index in [1.165, 1.54) is 41.8 Å². The van der Waals surface area contributed by atoms with Crippen molar-refractivity contribution in [1.82, 2.24) is 14.7 Å². The standard InChI is InChI=1S/C24H30ClFN4O6/c1-4-35-18-6-5-7-19(22(18)25)36-16-10-21(33)30(13-16)17(11-24(2,3)26)23(34)27-20-8-9-29(28-20)12-15(32)14-31/h5-10,15,17,31-32H,4,11-14H2,1-3H3,(H,27,28,34)/t15-,17?/m1/s1. The van der Waals surface area contributed by atoms with Gasteiger partial charge in [0.2, 0.25) is 5.91 Å². The van der Waals surface area contributed by atoms with Crippen LogP contribution in [0.15, 0.2) is 42.3 Å². The SMILES string of the molecule is CCOc1cccc(OC2=CC(=O)N(C(CC(C)(C)F)C(=O)Nc3ccn(C[C@@H](O)CO)n3)C2)c1Cl. The molecule has 3 rings (SSSR count). The summed E-state index contributed by atoms with van der Waals surface area (Å²) in [6.45, 7) is 4.39. The van der Waals surface area contributed by atoms with Gasteiger partial charge in [0.1, 0.15) is 34.0 Å². The van der Waals surface area contributed by atoms with Crippen LogP contribution in [0.4, 0.5) is 10.2 Å². The molecule has 36 heavy (non-hydrogen) atoms. The maximum atomic E-state index is 14.7. The van der Waals surface area contributed by atoms with Crippen LogP contribution in [-0.4, -0.2) is 74.3 Å². The zero-order valence-corrected chi connectivity index (χ0v) is 21.0. The second kappa shape index (κ2) is 11.7. The minimum absolute atomic E-state index is 0.0234. The van der Waals surface area contributed by atoms with E-state index in [0.29, 0.717) is 12.4 Å². The predicted octanol–water partition coefficient (Wildman–Crippen LogP) is 2.54. The second-order valence-corrected chi connectivity index (χ2v) is 9.25. The number of aliphatic hydroxyl groups is 2. The van der Waals surface area contributed by atoms with Gasteiger partial charge in [0.25, 0.3) is 5.91 Å². The molecule has 0 spiro atoms. The van der Waals surface area contributed by atoms with Crippen molar-refractivity contribution in [3.63, 3.8) is 0 Å². The smallest absolute Gasteiger partial charge is 0.251 e. The lowest BCUT2D eigenvalue weighted by Gasteiger charge is -2.30. The highest BCUT2D eigenvalue weighted by Crippen LogP contribution is 2.35. The molecule has 1 unspecified atom stereocenters. The first-order valence-electron chi connectivity index (χ1n) is 11.4. The number of carbonyl (C=O) groups is 2. The Hall–Kier alpha value is -3.15. The van der Waals surface area contributed by atoms with Crippen LogP contribution >= 0.6 is 11.6 Å². The fourth-order valence-corrected chi connectivity index (χ4v) is 3.85. The Morgan fingerprint density at radius 1 is 1.33 bits per heavy atom. The molecule has 2 atom stereocenters. The summed E-state index contributed by atoms with van der Waals surface area (Å²) in [4.78, 5) is 27.2. The van der Waals surface area contributed by atoms with Crippen LogP contribution in [0, 0.1) is 0 Å². The van der Waals surface area contributed by atoms with Gasteiger partial charge in [-0.1, -0.05) is 17.7 Å². The van der Waals surface area contributed by atoms with Crippen molar-refractivity contribution in [2.75, 3.05) is 25.1 Å². The second-order valence-electron chi connectivity index (χ2n) is 8.87. The summed E-state index contributed by atoms with van der Waals surface area (Å²) in [6, 6.07) is 5.34. The molecule has 2 aromatic rings. The molecule has 1 aromatic heterocycles. The number of carbonyl (C=O) groups excluding carboxylic acids is 2. The lowest BCUT2D eigenvalue weighted by Crippen LogP contribution is -2.48. The molecule has 1 aliphatic rings. The molecule has 1 aliphatic heterocycles. The molecule has 2 heterocycles. The Bertz CT molecular complexity index is 1120. The first-order chi connectivity index (χ1) is 17.0. The van der Waals surface area contributed by atoms with Crippen molar-refractivity contribution in [3.05, 3.63) is 47.3 Å². The van der Waals surface area contributed by atoms with Gasteiger partial charge in [0.15, 0.2) is 5.82 Å². The van der Waals surface area contributed by atoms with Gasteiger partial charge in [-0.3, -0.25) is 14.3 Å². The Morgan fingerprint density at radius 3 is 2.72 bits per heavy atom. The van der Waals surface area contributed by atoms with E-state index in [-0.39, 0.29) is 41.9 Å². The zero-order chi connectivity index (χ0) is 26.5. The van der Waals surface area contributed by atoms with Crippen molar-refractivity contribution in [1.29, 1.82) is 0 Å². The molecule has 0 fully saturated rings. The first kappa shape index (κ1) is 27.4. The van der Waals surface area contributed by atoms with Crippen LogP contribution in [0.1, 0.15) is 27.2 Å². The van der Waals surface area contributed by atoms with E-state index in [2.05, 4.69) is 10.4 Å². The molecule has 0 saturated carbocycles. The highest BCUT2D eigenvalue weighted by molar-refractivity contribution is 6.33. The minimum atomic E-state index is -1.76. The number of halogens is 2. The number of alkyl halides is 1. The van der Waals surface area contributed by atoms with Crippen molar-refractivity contribution in [2.24, 2.45) is 0 Å². The first-order valence-corrected chi connectivity index (χ1v) is 11.8. The van der Waals surface area contributed by atoms with E-state index in [1.54, 1.807) is 18.2 Å². The Morgan fingerprint density at radius 2 is 2.06 bits per heavy atom. The van der Waals surface area contributed by atoms with Crippen LogP contribution in [-0.2, 0) is 16.1 Å². The largest absolute Gasteiger partial charge is 0.492 e. The number of amides is 2. The Balaban J connectivity index is 1.74. The van der Waals surface area contributed by atoms with Gasteiger partial charge in [-0.25, -0.2) is 4.39 Å². The van der Waals surface area contributed by atoms with Crippen molar-refractivity contribution < 1.29 is 33.7 Å². The van der Waals surface area contributed by atoms with E-state index in [9.17, 15) is 19.1 Å². The number of aliphatic hydroxyl groups excluding tert-OH is 2. The predicted molar refractivity (Wildman–Crippen MR) is 131 cm³/mol. The van der Waals surface area contributed by atoms with E-state index >= 15 is 0 Å². The third-order valence-corrected chi connectivity index (χ3v) is 5.59. The zero-order valence-electron chi connectivity index (χ0n) is 20.3. The van der Waals surface area contributed by atoms with E-state index in [1.807, 2.05) is 6.92 Å². The minimum Gasteiger partial charge on any atom is -0.492 e. The molecule has 0 saturated heterocycles. The van der Waals surface area contributed by atoms with Crippen molar-refractivity contribution in [2.45, 2.75) is 51.6 Å². The average Bonchev–Trinajstić information content (AvgIpc) is 3.39. The Labute approximate surface area is 213 Å². The lowest BCUT2D eigenvalue weighted by atomic mass is 9.99. The summed E-state index contributed by atoms with van der Waals surface area (Å²) in [5.74, 6) is -0.0300. The molecular formula is C24H30ClFN4O6. The maximum absolute atomic E-state index is 14.7. The van der Waals surface area contributed by atoms with Gasteiger partial charge in [0, 0.05) is 24.8 Å². The number of nitrogens with one attached hydrogen (secondary N) is 1. The van der Waals surface area contributed by atoms with E-state index < -0.39 is 36.2 Å². The number of benzene rings is 1. The summed E-state index contributed by atoms with van der Waals surface area (Å²) in [7, 11) is 0. The topological polar surface area (TPSA) is 126 Å². The van der Waals surface area contributed by atoms with Gasteiger partial charge in [0.05, 0.1) is 32.4 Å². The molecule has 1 aromatic carbocycles. The van der Waals surface area contributed by atoms with Crippen molar-refractivity contribution in [3.8, 4) is 11.5 Å². The number of anilines is 1.